The average Bonchev–Trinajstić information content (AvgIpc) is 3.25. The van der Waals surface area contributed by atoms with Crippen LogP contribution in [0.2, 0.25) is 0 Å². The third-order valence-electron chi connectivity index (χ3n) is 5.18. The number of halogens is 3. The van der Waals surface area contributed by atoms with Crippen molar-refractivity contribution in [3.05, 3.63) is 45.1 Å². The van der Waals surface area contributed by atoms with E-state index in [1.165, 1.54) is 23.5 Å². The molecule has 11 heteroatoms. The summed E-state index contributed by atoms with van der Waals surface area (Å²) in [5, 5.41) is 3.03. The summed E-state index contributed by atoms with van der Waals surface area (Å²) in [6, 6.07) is 4.71. The molecular weight excluding hydrogens is 445 g/mol. The molecule has 0 spiro atoms. The van der Waals surface area contributed by atoms with E-state index in [1.807, 2.05) is 0 Å². The molecule has 0 saturated carbocycles. The van der Waals surface area contributed by atoms with Crippen molar-refractivity contribution in [1.82, 2.24) is 19.7 Å². The van der Waals surface area contributed by atoms with E-state index in [1.54, 1.807) is 23.2 Å². The molecule has 170 valence electrons. The molecule has 0 fully saturated rings. The van der Waals surface area contributed by atoms with E-state index >= 15 is 0 Å². The van der Waals surface area contributed by atoms with Crippen molar-refractivity contribution in [2.75, 3.05) is 6.54 Å². The second-order valence-corrected chi connectivity index (χ2v) is 8.56. The molecule has 7 nitrogen and oxygen atoms in total. The van der Waals surface area contributed by atoms with E-state index in [2.05, 4.69) is 10.3 Å². The smallest absolute Gasteiger partial charge is 0.391 e. The molecule has 3 heterocycles. The topological polar surface area (TPSA) is 78.2 Å². The number of amides is 1. The highest BCUT2D eigenvalue weighted by atomic mass is 32.1. The maximum atomic E-state index is 13.2. The second-order valence-electron chi connectivity index (χ2n) is 7.36. The van der Waals surface area contributed by atoms with Crippen molar-refractivity contribution >= 4 is 17.4 Å². The van der Waals surface area contributed by atoms with Crippen LogP contribution in [0, 0.1) is 6.92 Å². The molecule has 0 atom stereocenters. The summed E-state index contributed by atoms with van der Waals surface area (Å²) in [5.41, 5.74) is 0.00313. The Kier molecular flexibility index (Phi) is 5.85. The number of rotatable bonds is 4. The molecule has 0 unspecified atom stereocenters. The van der Waals surface area contributed by atoms with Crippen LogP contribution in [0.4, 0.5) is 18.0 Å². The van der Waals surface area contributed by atoms with Gasteiger partial charge in [-0.25, -0.2) is 14.5 Å². The van der Waals surface area contributed by atoms with Gasteiger partial charge in [0.15, 0.2) is 0 Å². The number of fused-ring (bicyclic) bond motifs is 1. The Labute approximate surface area is 185 Å². The van der Waals surface area contributed by atoms with Crippen LogP contribution in [0.15, 0.2) is 29.1 Å². The van der Waals surface area contributed by atoms with E-state index in [9.17, 15) is 22.8 Å². The Morgan fingerprint density at radius 1 is 1.19 bits per heavy atom. The van der Waals surface area contributed by atoms with Gasteiger partial charge in [0.1, 0.15) is 10.6 Å². The Hall–Kier alpha value is -3.08. The first-order chi connectivity index (χ1) is 15.2. The van der Waals surface area contributed by atoms with Crippen LogP contribution < -0.4 is 15.6 Å². The van der Waals surface area contributed by atoms with Crippen LogP contribution in [0.1, 0.15) is 30.2 Å². The Morgan fingerprint density at radius 2 is 1.84 bits per heavy atom. The molecule has 1 aliphatic rings. The van der Waals surface area contributed by atoms with Crippen molar-refractivity contribution in [1.29, 1.82) is 0 Å². The highest BCUT2D eigenvalue weighted by molar-refractivity contribution is 7.15. The zero-order valence-electron chi connectivity index (χ0n) is 17.5. The van der Waals surface area contributed by atoms with Crippen molar-refractivity contribution in [2.24, 2.45) is 0 Å². The summed E-state index contributed by atoms with van der Waals surface area (Å²) in [4.78, 5) is 30.6. The van der Waals surface area contributed by atoms with Crippen LogP contribution >= 0.6 is 11.3 Å². The summed E-state index contributed by atoms with van der Waals surface area (Å²) in [6.45, 7) is 4.92. The van der Waals surface area contributed by atoms with Gasteiger partial charge in [-0.1, -0.05) is 12.1 Å². The van der Waals surface area contributed by atoms with E-state index in [0.29, 0.717) is 40.8 Å². The number of carbonyl (C=O) groups is 1. The van der Waals surface area contributed by atoms with Crippen LogP contribution in [0.25, 0.3) is 21.8 Å². The highest BCUT2D eigenvalue weighted by Crippen LogP contribution is 2.38. The molecule has 3 aromatic rings. The van der Waals surface area contributed by atoms with Gasteiger partial charge >= 0.3 is 12.3 Å². The molecule has 32 heavy (non-hydrogen) atoms. The quantitative estimate of drug-likeness (QED) is 0.606. The van der Waals surface area contributed by atoms with E-state index < -0.39 is 17.8 Å². The molecular formula is C21H21F3N4O3S. The van der Waals surface area contributed by atoms with Gasteiger partial charge in [0.2, 0.25) is 5.88 Å². The van der Waals surface area contributed by atoms with Crippen LogP contribution in [0.3, 0.4) is 0 Å². The molecule has 1 aromatic carbocycles. The minimum atomic E-state index is -4.42. The normalized spacial score (nSPS) is 13.7. The summed E-state index contributed by atoms with van der Waals surface area (Å²) in [6.07, 6.45) is -3.42. The number of hydrogen-bond acceptors (Lipinski definition) is 5. The molecule has 1 aliphatic heterocycles. The Bertz CT molecular complexity index is 1210. The molecule has 1 N–H and O–H groups in total. The average molecular weight is 466 g/mol. The zero-order chi connectivity index (χ0) is 23.0. The maximum absolute atomic E-state index is 13.2. The third kappa shape index (κ3) is 4.04. The zero-order valence-corrected chi connectivity index (χ0v) is 18.3. The number of hydrogen-bond donors (Lipinski definition) is 1. The number of nitrogens with zero attached hydrogens (tertiary/aromatic N) is 3. The predicted molar refractivity (Wildman–Crippen MR) is 114 cm³/mol. The third-order valence-corrected chi connectivity index (χ3v) is 6.20. The largest absolute Gasteiger partial charge is 0.416 e. The fraction of sp³-hybridized carbons (Fsp3) is 0.381. The number of aromatic nitrogens is 3. The van der Waals surface area contributed by atoms with Gasteiger partial charge in [-0.3, -0.25) is 9.48 Å². The van der Waals surface area contributed by atoms with Crippen LogP contribution in [0.5, 0.6) is 5.88 Å². The van der Waals surface area contributed by atoms with Gasteiger partial charge in [0, 0.05) is 30.1 Å². The van der Waals surface area contributed by atoms with Gasteiger partial charge in [0.05, 0.1) is 11.3 Å². The summed E-state index contributed by atoms with van der Waals surface area (Å²) in [7, 11) is 0. The van der Waals surface area contributed by atoms with Gasteiger partial charge in [-0.05, 0) is 38.8 Å². The van der Waals surface area contributed by atoms with Gasteiger partial charge < -0.3 is 10.1 Å². The van der Waals surface area contributed by atoms with Crippen LogP contribution in [-0.4, -0.2) is 27.0 Å². The number of benzene rings is 1. The fourth-order valence-corrected chi connectivity index (χ4v) is 4.59. The predicted octanol–water partition coefficient (Wildman–Crippen LogP) is 4.67. The number of ether oxygens (including phenoxy) is 1. The first-order valence-electron chi connectivity index (χ1n) is 10.2. The lowest BCUT2D eigenvalue weighted by atomic mass is 10.1. The minimum absolute atomic E-state index is 0.132. The molecule has 0 saturated heterocycles. The monoisotopic (exact) mass is 466 g/mol. The number of carbonyl (C=O) groups excluding carboxylic acids is 1. The van der Waals surface area contributed by atoms with Crippen molar-refractivity contribution in [3.8, 4) is 27.7 Å². The molecule has 0 radical (unpaired) electrons. The SMILES string of the molecule is CCNC(=O)Oc1c(-c2nc(-c3ccc(C(F)(F)F)cc3)sc2C)c(=O)n2n1CCCC2. The molecule has 2 aromatic heterocycles. The second kappa shape index (κ2) is 8.45. The lowest BCUT2D eigenvalue weighted by Gasteiger charge is -2.18. The Balaban J connectivity index is 1.79. The molecule has 1 amide bonds. The summed E-state index contributed by atoms with van der Waals surface area (Å²) in [5.74, 6) is 0.132. The lowest BCUT2D eigenvalue weighted by molar-refractivity contribution is -0.137. The highest BCUT2D eigenvalue weighted by Gasteiger charge is 2.31. The van der Waals surface area contributed by atoms with E-state index in [4.69, 9.17) is 4.74 Å². The number of nitrogens with one attached hydrogen (secondary N) is 1. The molecule has 4 rings (SSSR count). The minimum Gasteiger partial charge on any atom is -0.391 e. The summed E-state index contributed by atoms with van der Waals surface area (Å²) >= 11 is 1.26. The first-order valence-corrected chi connectivity index (χ1v) is 11.0. The maximum Gasteiger partial charge on any atom is 0.416 e. The number of thiazole rings is 1. The first kappa shape index (κ1) is 22.1. The van der Waals surface area contributed by atoms with Crippen molar-refractivity contribution < 1.29 is 22.7 Å². The van der Waals surface area contributed by atoms with Crippen molar-refractivity contribution in [2.45, 2.75) is 46.0 Å². The number of aryl methyl sites for hydroxylation is 1. The van der Waals surface area contributed by atoms with Gasteiger partial charge in [-0.2, -0.15) is 13.2 Å². The van der Waals surface area contributed by atoms with E-state index in [-0.39, 0.29) is 17.0 Å². The molecule has 0 aliphatic carbocycles. The fourth-order valence-electron chi connectivity index (χ4n) is 3.66. The number of alkyl halides is 3. The van der Waals surface area contributed by atoms with Gasteiger partial charge in [0.25, 0.3) is 5.56 Å². The van der Waals surface area contributed by atoms with E-state index in [0.717, 1.165) is 25.0 Å². The lowest BCUT2D eigenvalue weighted by Crippen LogP contribution is -2.29. The van der Waals surface area contributed by atoms with Crippen LogP contribution in [-0.2, 0) is 19.3 Å². The van der Waals surface area contributed by atoms with Crippen molar-refractivity contribution in [3.63, 3.8) is 0 Å². The molecule has 0 bridgehead atoms. The standard InChI is InChI=1S/C21H21F3N4O3S/c1-3-25-20(30)31-19-15(18(29)27-10-4-5-11-28(19)27)16-12(2)32-17(26-16)13-6-8-14(9-7-13)21(22,23)24/h6-9H,3-5,10-11H2,1-2H3,(H,25,30). The van der Waals surface area contributed by atoms with Gasteiger partial charge in [-0.15, -0.1) is 11.3 Å². The Morgan fingerprint density at radius 3 is 2.47 bits per heavy atom. The summed E-state index contributed by atoms with van der Waals surface area (Å²) < 4.78 is 47.3.